The Morgan fingerprint density at radius 2 is 1.81 bits per heavy atom. The van der Waals surface area contributed by atoms with Crippen molar-refractivity contribution in [1.82, 2.24) is 5.32 Å². The van der Waals surface area contributed by atoms with Crippen LogP contribution in [0.2, 0.25) is 0 Å². The van der Waals surface area contributed by atoms with Crippen LogP contribution in [0.4, 0.5) is 17.1 Å². The minimum absolute atomic E-state index is 0.0818. The molecule has 0 aromatic heterocycles. The van der Waals surface area contributed by atoms with Gasteiger partial charge in [0.05, 0.1) is 16.4 Å². The van der Waals surface area contributed by atoms with Gasteiger partial charge in [0.25, 0.3) is 11.6 Å². The van der Waals surface area contributed by atoms with Gasteiger partial charge < -0.3 is 10.2 Å². The van der Waals surface area contributed by atoms with Crippen LogP contribution >= 0.6 is 0 Å². The molecule has 10 heteroatoms. The Morgan fingerprint density at radius 1 is 1.06 bits per heavy atom. The molecule has 0 bridgehead atoms. The molecular weight excluding hydrogens is 420 g/mol. The third-order valence-corrected chi connectivity index (χ3v) is 7.48. The van der Waals surface area contributed by atoms with E-state index >= 15 is 0 Å². The van der Waals surface area contributed by atoms with E-state index in [1.165, 1.54) is 10.4 Å². The molecule has 0 atom stereocenters. The molecule has 1 saturated heterocycles. The van der Waals surface area contributed by atoms with E-state index in [4.69, 9.17) is 0 Å². The first-order valence-corrected chi connectivity index (χ1v) is 11.9. The number of benzene rings is 2. The van der Waals surface area contributed by atoms with E-state index < -0.39 is 20.9 Å². The highest BCUT2D eigenvalue weighted by atomic mass is 32.2. The molecule has 1 amide bonds. The van der Waals surface area contributed by atoms with Crippen molar-refractivity contribution in [3.05, 3.63) is 63.7 Å². The van der Waals surface area contributed by atoms with Gasteiger partial charge >= 0.3 is 0 Å². The average Bonchev–Trinajstić information content (AvgIpc) is 3.43. The maximum atomic E-state index is 12.7. The van der Waals surface area contributed by atoms with Gasteiger partial charge in [0.2, 0.25) is 10.0 Å². The topological polar surface area (TPSA) is 113 Å². The Balaban J connectivity index is 1.41. The van der Waals surface area contributed by atoms with Gasteiger partial charge in [-0.05, 0) is 43.0 Å². The standard InChI is InChI=1S/C21H24N4O5S/c26-21(17-7-8-19(20(15-17)25(27)28)23-11-3-4-12-23)22-10-14-31(29,30)24-13-9-16-5-1-2-6-18(16)24/h1-2,5-8,15H,3-4,9-14H2,(H,22,26). The minimum Gasteiger partial charge on any atom is -0.366 e. The number of nitrogens with zero attached hydrogens (tertiary/aromatic N) is 3. The summed E-state index contributed by atoms with van der Waals surface area (Å²) in [6.07, 6.45) is 2.62. The summed E-state index contributed by atoms with van der Waals surface area (Å²) in [6.45, 7) is 1.81. The summed E-state index contributed by atoms with van der Waals surface area (Å²) < 4.78 is 26.8. The van der Waals surface area contributed by atoms with E-state index in [1.807, 2.05) is 17.0 Å². The Bertz CT molecular complexity index is 1110. The molecule has 164 valence electrons. The Labute approximate surface area is 180 Å². The van der Waals surface area contributed by atoms with Crippen LogP contribution in [-0.2, 0) is 16.4 Å². The molecule has 2 aromatic rings. The van der Waals surface area contributed by atoms with Crippen LogP contribution in [0.15, 0.2) is 42.5 Å². The van der Waals surface area contributed by atoms with Gasteiger partial charge in [-0.2, -0.15) is 0 Å². The van der Waals surface area contributed by atoms with E-state index in [9.17, 15) is 23.3 Å². The third-order valence-electron chi connectivity index (χ3n) is 5.71. The molecule has 4 rings (SSSR count). The maximum Gasteiger partial charge on any atom is 0.293 e. The fraction of sp³-hybridized carbons (Fsp3) is 0.381. The van der Waals surface area contributed by atoms with E-state index in [-0.39, 0.29) is 23.5 Å². The molecule has 2 aromatic carbocycles. The Morgan fingerprint density at radius 3 is 2.55 bits per heavy atom. The summed E-state index contributed by atoms with van der Waals surface area (Å²) in [5.41, 5.74) is 2.20. The molecule has 1 N–H and O–H groups in total. The zero-order valence-corrected chi connectivity index (χ0v) is 17.8. The number of amides is 1. The molecule has 9 nitrogen and oxygen atoms in total. The maximum absolute atomic E-state index is 12.7. The molecule has 0 radical (unpaired) electrons. The predicted molar refractivity (Wildman–Crippen MR) is 118 cm³/mol. The van der Waals surface area contributed by atoms with E-state index in [0.717, 1.165) is 31.5 Å². The molecular formula is C21H24N4O5S. The van der Waals surface area contributed by atoms with Crippen LogP contribution in [0.3, 0.4) is 0 Å². The SMILES string of the molecule is O=C(NCCS(=O)(=O)N1CCc2ccccc21)c1ccc(N2CCCC2)c([N+](=O)[O-])c1. The molecule has 2 aliphatic heterocycles. The largest absolute Gasteiger partial charge is 0.366 e. The molecule has 1 fully saturated rings. The Kier molecular flexibility index (Phi) is 5.81. The lowest BCUT2D eigenvalue weighted by Gasteiger charge is -2.20. The number of anilines is 2. The summed E-state index contributed by atoms with van der Waals surface area (Å²) in [5.74, 6) is -0.783. The lowest BCUT2D eigenvalue weighted by Crippen LogP contribution is -2.37. The monoisotopic (exact) mass is 444 g/mol. The van der Waals surface area contributed by atoms with Crippen LogP contribution < -0.4 is 14.5 Å². The van der Waals surface area contributed by atoms with Crippen molar-refractivity contribution in [3.63, 3.8) is 0 Å². The number of carbonyl (C=O) groups excluding carboxylic acids is 1. The number of fused-ring (bicyclic) bond motifs is 1. The van der Waals surface area contributed by atoms with Gasteiger partial charge in [-0.15, -0.1) is 0 Å². The average molecular weight is 445 g/mol. The van der Waals surface area contributed by atoms with Gasteiger partial charge in [-0.1, -0.05) is 18.2 Å². The molecule has 0 spiro atoms. The first-order valence-electron chi connectivity index (χ1n) is 10.3. The van der Waals surface area contributed by atoms with Crippen molar-refractivity contribution in [1.29, 1.82) is 0 Å². The second-order valence-electron chi connectivity index (χ2n) is 7.68. The lowest BCUT2D eigenvalue weighted by molar-refractivity contribution is -0.384. The smallest absolute Gasteiger partial charge is 0.293 e. The van der Waals surface area contributed by atoms with Gasteiger partial charge in [-0.25, -0.2) is 8.42 Å². The van der Waals surface area contributed by atoms with Crippen molar-refractivity contribution in [2.75, 3.05) is 41.1 Å². The van der Waals surface area contributed by atoms with Crippen LogP contribution in [0, 0.1) is 10.1 Å². The van der Waals surface area contributed by atoms with Gasteiger partial charge in [0.1, 0.15) is 5.69 Å². The van der Waals surface area contributed by atoms with Crippen LogP contribution in [0.5, 0.6) is 0 Å². The number of carbonyl (C=O) groups is 1. The number of nitro groups is 1. The fourth-order valence-corrected chi connectivity index (χ4v) is 5.57. The molecule has 0 saturated carbocycles. The normalized spacial score (nSPS) is 15.7. The van der Waals surface area contributed by atoms with Crippen molar-refractivity contribution in [2.24, 2.45) is 0 Å². The van der Waals surface area contributed by atoms with Crippen LogP contribution in [0.25, 0.3) is 0 Å². The number of nitro benzene ring substituents is 1. The van der Waals surface area contributed by atoms with Crippen molar-refractivity contribution < 1.29 is 18.1 Å². The highest BCUT2D eigenvalue weighted by Gasteiger charge is 2.29. The zero-order chi connectivity index (χ0) is 22.0. The van der Waals surface area contributed by atoms with Crippen LogP contribution in [-0.4, -0.2) is 51.2 Å². The zero-order valence-electron chi connectivity index (χ0n) is 17.0. The van der Waals surface area contributed by atoms with Crippen molar-refractivity contribution in [3.8, 4) is 0 Å². The number of rotatable bonds is 7. The predicted octanol–water partition coefficient (Wildman–Crippen LogP) is 2.32. The number of hydrogen-bond acceptors (Lipinski definition) is 6. The van der Waals surface area contributed by atoms with Gasteiger partial charge in [-0.3, -0.25) is 19.2 Å². The fourth-order valence-electron chi connectivity index (χ4n) is 4.14. The molecule has 0 unspecified atom stereocenters. The highest BCUT2D eigenvalue weighted by molar-refractivity contribution is 7.92. The molecule has 0 aliphatic carbocycles. The lowest BCUT2D eigenvalue weighted by atomic mass is 10.1. The second kappa shape index (κ2) is 8.54. The number of nitrogens with one attached hydrogen (secondary N) is 1. The van der Waals surface area contributed by atoms with E-state index in [0.29, 0.717) is 24.3 Å². The van der Waals surface area contributed by atoms with E-state index in [1.54, 1.807) is 24.3 Å². The first kappa shape index (κ1) is 21.1. The Hall–Kier alpha value is -3.14. The number of para-hydroxylation sites is 1. The second-order valence-corrected chi connectivity index (χ2v) is 9.69. The summed E-state index contributed by atoms with van der Waals surface area (Å²) in [6, 6.07) is 11.8. The summed E-state index contributed by atoms with van der Waals surface area (Å²) >= 11 is 0. The molecule has 2 aliphatic rings. The van der Waals surface area contributed by atoms with Gasteiger partial charge in [0, 0.05) is 37.8 Å². The summed E-state index contributed by atoms with van der Waals surface area (Å²) in [5, 5.41) is 14.1. The highest BCUT2D eigenvalue weighted by Crippen LogP contribution is 2.32. The van der Waals surface area contributed by atoms with Crippen molar-refractivity contribution >= 4 is 33.0 Å². The third kappa shape index (κ3) is 4.34. The molecule has 31 heavy (non-hydrogen) atoms. The first-order chi connectivity index (χ1) is 14.9. The molecule has 2 heterocycles. The van der Waals surface area contributed by atoms with Crippen LogP contribution in [0.1, 0.15) is 28.8 Å². The van der Waals surface area contributed by atoms with Crippen molar-refractivity contribution in [2.45, 2.75) is 19.3 Å². The minimum atomic E-state index is -3.59. The number of hydrogen-bond donors (Lipinski definition) is 1. The quantitative estimate of drug-likeness (QED) is 0.518. The summed E-state index contributed by atoms with van der Waals surface area (Å²) in [4.78, 5) is 25.5. The number of sulfonamides is 1. The van der Waals surface area contributed by atoms with Gasteiger partial charge in [0.15, 0.2) is 0 Å². The van der Waals surface area contributed by atoms with E-state index in [2.05, 4.69) is 5.32 Å². The summed E-state index contributed by atoms with van der Waals surface area (Å²) in [7, 11) is -3.59.